The summed E-state index contributed by atoms with van der Waals surface area (Å²) in [4.78, 5) is 20.2. The van der Waals surface area contributed by atoms with Gasteiger partial charge in [-0.05, 0) is 61.4 Å². The molecule has 0 fully saturated rings. The fourth-order valence-electron chi connectivity index (χ4n) is 4.79. The van der Waals surface area contributed by atoms with Crippen LogP contribution in [0.3, 0.4) is 0 Å². The number of imidazole rings is 1. The molecule has 1 N–H and O–H groups in total. The van der Waals surface area contributed by atoms with E-state index in [4.69, 9.17) is 9.97 Å². The van der Waals surface area contributed by atoms with Crippen molar-refractivity contribution in [1.82, 2.24) is 34.4 Å². The molecule has 7 nitrogen and oxygen atoms in total. The van der Waals surface area contributed by atoms with E-state index in [9.17, 15) is 0 Å². The van der Waals surface area contributed by atoms with E-state index in [1.807, 2.05) is 43.5 Å². The molecule has 2 aromatic carbocycles. The van der Waals surface area contributed by atoms with Crippen molar-refractivity contribution in [3.63, 3.8) is 0 Å². The standard InChI is InChI=1S/C30H29N7/c1-20(2)36(16-23-11-7-10-22-9-4-5-12-25(22)23)18-27-34-29(24-14-15-28-31-19-32-37(28)17-24)30(35-27)26-13-6-8-21(3)33-26/h4-15,17,19-20H,16,18H2,1-3H3,(H,34,35). The van der Waals surface area contributed by atoms with Crippen LogP contribution in [0.25, 0.3) is 39.1 Å². The van der Waals surface area contributed by atoms with Gasteiger partial charge in [-0.1, -0.05) is 48.5 Å². The van der Waals surface area contributed by atoms with E-state index in [-0.39, 0.29) is 0 Å². The molecule has 0 radical (unpaired) electrons. The summed E-state index contributed by atoms with van der Waals surface area (Å²) < 4.78 is 1.78. The number of nitrogens with one attached hydrogen (secondary N) is 1. The molecule has 6 rings (SSSR count). The minimum atomic E-state index is 0.333. The maximum atomic E-state index is 5.11. The molecular weight excluding hydrogens is 458 g/mol. The largest absolute Gasteiger partial charge is 0.339 e. The Morgan fingerprint density at radius 2 is 1.73 bits per heavy atom. The fourth-order valence-corrected chi connectivity index (χ4v) is 4.79. The maximum Gasteiger partial charge on any atom is 0.155 e. The molecule has 4 heterocycles. The van der Waals surface area contributed by atoms with Gasteiger partial charge in [0.1, 0.15) is 12.2 Å². The van der Waals surface area contributed by atoms with Crippen LogP contribution in [0.5, 0.6) is 0 Å². The molecule has 0 aliphatic heterocycles. The van der Waals surface area contributed by atoms with Crippen molar-refractivity contribution in [1.29, 1.82) is 0 Å². The van der Waals surface area contributed by atoms with Crippen LogP contribution in [-0.4, -0.2) is 40.5 Å². The number of hydrogen-bond donors (Lipinski definition) is 1. The summed E-state index contributed by atoms with van der Waals surface area (Å²) in [6.07, 6.45) is 3.53. The van der Waals surface area contributed by atoms with Gasteiger partial charge in [-0.3, -0.25) is 9.88 Å². The Kier molecular flexibility index (Phi) is 5.98. The van der Waals surface area contributed by atoms with Crippen LogP contribution < -0.4 is 0 Å². The summed E-state index contributed by atoms with van der Waals surface area (Å²) in [5, 5.41) is 6.87. The van der Waals surface area contributed by atoms with Gasteiger partial charge in [-0.2, -0.15) is 5.10 Å². The molecule has 4 aromatic heterocycles. The molecule has 0 amide bonds. The summed E-state index contributed by atoms with van der Waals surface area (Å²) in [6.45, 7) is 7.99. The van der Waals surface area contributed by atoms with Gasteiger partial charge < -0.3 is 4.98 Å². The lowest BCUT2D eigenvalue weighted by Gasteiger charge is -2.26. The SMILES string of the molecule is Cc1cccc(-c2[nH]c(CN(Cc3cccc4ccccc34)C(C)C)nc2-c2ccc3ncnn3c2)n1. The van der Waals surface area contributed by atoms with Gasteiger partial charge in [0.05, 0.1) is 23.6 Å². The quantitative estimate of drug-likeness (QED) is 0.297. The molecule has 7 heteroatoms. The van der Waals surface area contributed by atoms with Crippen molar-refractivity contribution in [2.45, 2.75) is 39.9 Å². The molecule has 0 unspecified atom stereocenters. The molecular formula is C30H29N7. The number of pyridine rings is 2. The predicted octanol–water partition coefficient (Wildman–Crippen LogP) is 6.05. The van der Waals surface area contributed by atoms with Crippen LogP contribution in [0.4, 0.5) is 0 Å². The smallest absolute Gasteiger partial charge is 0.155 e. The minimum Gasteiger partial charge on any atom is -0.339 e. The number of fused-ring (bicyclic) bond motifs is 2. The van der Waals surface area contributed by atoms with Gasteiger partial charge in [0.15, 0.2) is 5.65 Å². The topological polar surface area (TPSA) is 75.0 Å². The first kappa shape index (κ1) is 23.1. The second-order valence-electron chi connectivity index (χ2n) is 9.69. The van der Waals surface area contributed by atoms with E-state index in [0.29, 0.717) is 12.6 Å². The van der Waals surface area contributed by atoms with Gasteiger partial charge in [-0.15, -0.1) is 0 Å². The highest BCUT2D eigenvalue weighted by Gasteiger charge is 2.20. The third-order valence-corrected chi connectivity index (χ3v) is 6.78. The molecule has 0 aliphatic rings. The van der Waals surface area contributed by atoms with Crippen LogP contribution in [0, 0.1) is 6.92 Å². The average Bonchev–Trinajstić information content (AvgIpc) is 3.55. The number of nitrogens with zero attached hydrogens (tertiary/aromatic N) is 6. The van der Waals surface area contributed by atoms with E-state index in [2.05, 4.69) is 76.3 Å². The molecule has 37 heavy (non-hydrogen) atoms. The summed E-state index contributed by atoms with van der Waals surface area (Å²) in [6, 6.07) is 25.5. The van der Waals surface area contributed by atoms with E-state index in [1.165, 1.54) is 16.3 Å². The average molecular weight is 488 g/mol. The Bertz CT molecular complexity index is 1690. The molecule has 184 valence electrons. The third-order valence-electron chi connectivity index (χ3n) is 6.78. The number of benzene rings is 2. The fraction of sp³-hybridized carbons (Fsp3) is 0.200. The van der Waals surface area contributed by atoms with Gasteiger partial charge in [0.2, 0.25) is 0 Å². The van der Waals surface area contributed by atoms with Crippen LogP contribution in [0.15, 0.2) is 85.3 Å². The highest BCUT2D eigenvalue weighted by Crippen LogP contribution is 2.30. The van der Waals surface area contributed by atoms with E-state index in [0.717, 1.165) is 46.4 Å². The lowest BCUT2D eigenvalue weighted by molar-refractivity contribution is 0.200. The maximum absolute atomic E-state index is 5.11. The molecule has 0 atom stereocenters. The molecule has 0 saturated carbocycles. The number of aryl methyl sites for hydroxylation is 1. The van der Waals surface area contributed by atoms with Gasteiger partial charge >= 0.3 is 0 Å². The van der Waals surface area contributed by atoms with Gasteiger partial charge in [0, 0.05) is 30.0 Å². The zero-order chi connectivity index (χ0) is 25.4. The van der Waals surface area contributed by atoms with Crippen LogP contribution in [0.1, 0.15) is 30.9 Å². The zero-order valence-electron chi connectivity index (χ0n) is 21.3. The van der Waals surface area contributed by atoms with Crippen molar-refractivity contribution in [2.75, 3.05) is 0 Å². The minimum absolute atomic E-state index is 0.333. The monoisotopic (exact) mass is 487 g/mol. The van der Waals surface area contributed by atoms with Crippen molar-refractivity contribution in [2.24, 2.45) is 0 Å². The van der Waals surface area contributed by atoms with Crippen LogP contribution >= 0.6 is 0 Å². The van der Waals surface area contributed by atoms with Crippen LogP contribution in [-0.2, 0) is 13.1 Å². The lowest BCUT2D eigenvalue weighted by atomic mass is 10.0. The highest BCUT2D eigenvalue weighted by molar-refractivity contribution is 5.85. The lowest BCUT2D eigenvalue weighted by Crippen LogP contribution is -2.30. The third kappa shape index (κ3) is 4.61. The second-order valence-corrected chi connectivity index (χ2v) is 9.69. The Balaban J connectivity index is 1.39. The number of H-pyrrole nitrogens is 1. The molecule has 0 aliphatic carbocycles. The first-order valence-corrected chi connectivity index (χ1v) is 12.6. The Hall–Kier alpha value is -4.36. The van der Waals surface area contributed by atoms with Crippen molar-refractivity contribution >= 4 is 16.4 Å². The summed E-state index contributed by atoms with van der Waals surface area (Å²) in [7, 11) is 0. The number of rotatable bonds is 7. The molecule has 6 aromatic rings. The van der Waals surface area contributed by atoms with Crippen molar-refractivity contribution in [3.05, 3.63) is 102 Å². The van der Waals surface area contributed by atoms with Crippen LogP contribution in [0.2, 0.25) is 0 Å². The molecule has 0 saturated heterocycles. The second kappa shape index (κ2) is 9.59. The number of hydrogen-bond acceptors (Lipinski definition) is 5. The predicted molar refractivity (Wildman–Crippen MR) is 147 cm³/mol. The van der Waals surface area contributed by atoms with Crippen molar-refractivity contribution < 1.29 is 0 Å². The number of aromatic amines is 1. The number of aromatic nitrogens is 6. The van der Waals surface area contributed by atoms with E-state index in [1.54, 1.807) is 10.8 Å². The summed E-state index contributed by atoms with van der Waals surface area (Å²) in [5.41, 5.74) is 6.69. The summed E-state index contributed by atoms with van der Waals surface area (Å²) in [5.74, 6) is 0.904. The van der Waals surface area contributed by atoms with E-state index < -0.39 is 0 Å². The summed E-state index contributed by atoms with van der Waals surface area (Å²) >= 11 is 0. The normalized spacial score (nSPS) is 11.8. The molecule has 0 spiro atoms. The van der Waals surface area contributed by atoms with Crippen molar-refractivity contribution in [3.8, 4) is 22.6 Å². The highest BCUT2D eigenvalue weighted by atomic mass is 15.3. The Labute approximate surface area is 215 Å². The van der Waals surface area contributed by atoms with Gasteiger partial charge in [0.25, 0.3) is 0 Å². The molecule has 0 bridgehead atoms. The first-order chi connectivity index (χ1) is 18.0. The zero-order valence-corrected chi connectivity index (χ0v) is 21.3. The van der Waals surface area contributed by atoms with Gasteiger partial charge in [-0.25, -0.2) is 14.5 Å². The first-order valence-electron chi connectivity index (χ1n) is 12.6. The Morgan fingerprint density at radius 3 is 2.59 bits per heavy atom. The van der Waals surface area contributed by atoms with E-state index >= 15 is 0 Å². The Morgan fingerprint density at radius 1 is 0.892 bits per heavy atom.